The molecule has 25 heavy (non-hydrogen) atoms. The molecular weight excluding hydrogens is 472 g/mol. The van der Waals surface area contributed by atoms with Gasteiger partial charge in [0, 0.05) is 25.6 Å². The SMILES string of the molecule is CN=C(NCCOCC1CCCO1)NCc1nc(C(F)(F)F)cs1.I. The largest absolute Gasteiger partial charge is 0.434 e. The van der Waals surface area contributed by atoms with Gasteiger partial charge in [0.15, 0.2) is 11.7 Å². The second-order valence-corrected chi connectivity index (χ2v) is 6.13. The van der Waals surface area contributed by atoms with Crippen LogP contribution in [0.1, 0.15) is 23.5 Å². The Kier molecular flexibility index (Phi) is 9.97. The van der Waals surface area contributed by atoms with Crippen molar-refractivity contribution in [3.63, 3.8) is 0 Å². The van der Waals surface area contributed by atoms with Gasteiger partial charge in [0.1, 0.15) is 5.01 Å². The monoisotopic (exact) mass is 494 g/mol. The van der Waals surface area contributed by atoms with E-state index in [1.807, 2.05) is 0 Å². The summed E-state index contributed by atoms with van der Waals surface area (Å²) in [4.78, 5) is 7.55. The van der Waals surface area contributed by atoms with Crippen molar-refractivity contribution in [3.05, 3.63) is 16.1 Å². The maximum Gasteiger partial charge on any atom is 0.434 e. The third-order valence-corrected chi connectivity index (χ3v) is 4.19. The molecule has 2 N–H and O–H groups in total. The highest BCUT2D eigenvalue weighted by molar-refractivity contribution is 14.0. The summed E-state index contributed by atoms with van der Waals surface area (Å²) >= 11 is 0.960. The molecule has 1 atom stereocenters. The molecule has 144 valence electrons. The average Bonchev–Trinajstić information content (AvgIpc) is 3.20. The molecule has 1 aliphatic rings. The number of aliphatic imine (C=N–C) groups is 1. The molecule has 1 fully saturated rings. The molecule has 11 heteroatoms. The number of hydrogen-bond acceptors (Lipinski definition) is 5. The average molecular weight is 494 g/mol. The third-order valence-electron chi connectivity index (χ3n) is 3.34. The van der Waals surface area contributed by atoms with Crippen LogP contribution in [0, 0.1) is 0 Å². The number of guanidine groups is 1. The highest BCUT2D eigenvalue weighted by atomic mass is 127. The number of nitrogens with zero attached hydrogens (tertiary/aromatic N) is 2. The molecule has 0 amide bonds. The zero-order valence-electron chi connectivity index (χ0n) is 13.8. The van der Waals surface area contributed by atoms with E-state index in [4.69, 9.17) is 9.47 Å². The second-order valence-electron chi connectivity index (χ2n) is 5.19. The fourth-order valence-corrected chi connectivity index (χ4v) is 2.87. The van der Waals surface area contributed by atoms with Crippen LogP contribution in [0.25, 0.3) is 0 Å². The van der Waals surface area contributed by atoms with Crippen molar-refractivity contribution in [2.24, 2.45) is 4.99 Å². The summed E-state index contributed by atoms with van der Waals surface area (Å²) in [6.07, 6.45) is -2.11. The van der Waals surface area contributed by atoms with E-state index in [0.717, 1.165) is 36.2 Å². The van der Waals surface area contributed by atoms with Crippen LogP contribution >= 0.6 is 35.3 Å². The van der Waals surface area contributed by atoms with Crippen LogP contribution in [0.3, 0.4) is 0 Å². The topological polar surface area (TPSA) is 67.8 Å². The van der Waals surface area contributed by atoms with E-state index in [9.17, 15) is 13.2 Å². The predicted molar refractivity (Wildman–Crippen MR) is 101 cm³/mol. The van der Waals surface area contributed by atoms with Crippen LogP contribution in [0.5, 0.6) is 0 Å². The van der Waals surface area contributed by atoms with E-state index < -0.39 is 11.9 Å². The summed E-state index contributed by atoms with van der Waals surface area (Å²) in [7, 11) is 1.59. The van der Waals surface area contributed by atoms with Gasteiger partial charge in [-0.15, -0.1) is 35.3 Å². The first kappa shape index (κ1) is 22.4. The summed E-state index contributed by atoms with van der Waals surface area (Å²) in [5, 5.41) is 7.30. The summed E-state index contributed by atoms with van der Waals surface area (Å²) in [6, 6.07) is 0. The van der Waals surface area contributed by atoms with E-state index in [1.54, 1.807) is 7.05 Å². The van der Waals surface area contributed by atoms with Gasteiger partial charge in [-0.3, -0.25) is 4.99 Å². The molecule has 1 unspecified atom stereocenters. The Morgan fingerprint density at radius 3 is 2.88 bits per heavy atom. The van der Waals surface area contributed by atoms with Gasteiger partial charge < -0.3 is 20.1 Å². The zero-order valence-corrected chi connectivity index (χ0v) is 16.9. The summed E-state index contributed by atoms with van der Waals surface area (Å²) in [6.45, 7) is 2.59. The van der Waals surface area contributed by atoms with Crippen molar-refractivity contribution >= 4 is 41.3 Å². The summed E-state index contributed by atoms with van der Waals surface area (Å²) in [5.41, 5.74) is -0.866. The lowest BCUT2D eigenvalue weighted by Gasteiger charge is -2.13. The molecule has 2 rings (SSSR count). The zero-order chi connectivity index (χ0) is 17.4. The number of aromatic nitrogens is 1. The molecule has 1 saturated heterocycles. The Bertz CT molecular complexity index is 536. The lowest BCUT2D eigenvalue weighted by molar-refractivity contribution is -0.140. The van der Waals surface area contributed by atoms with E-state index in [2.05, 4.69) is 20.6 Å². The van der Waals surface area contributed by atoms with E-state index >= 15 is 0 Å². The van der Waals surface area contributed by atoms with E-state index in [-0.39, 0.29) is 36.6 Å². The van der Waals surface area contributed by atoms with Crippen molar-refractivity contribution in [3.8, 4) is 0 Å². The highest BCUT2D eigenvalue weighted by Crippen LogP contribution is 2.29. The van der Waals surface area contributed by atoms with Gasteiger partial charge in [0.05, 0.1) is 25.9 Å². The van der Waals surface area contributed by atoms with Crippen LogP contribution in [0.2, 0.25) is 0 Å². The number of hydrogen-bond donors (Lipinski definition) is 2. The molecule has 1 aromatic rings. The minimum atomic E-state index is -4.41. The smallest absolute Gasteiger partial charge is 0.377 e. The Morgan fingerprint density at radius 2 is 2.28 bits per heavy atom. The van der Waals surface area contributed by atoms with Gasteiger partial charge in [-0.25, -0.2) is 4.98 Å². The Balaban J connectivity index is 0.00000312. The Morgan fingerprint density at radius 1 is 1.48 bits per heavy atom. The molecular formula is C14H22F3IN4O2S. The molecule has 6 nitrogen and oxygen atoms in total. The Labute approximate surface area is 165 Å². The molecule has 0 bridgehead atoms. The molecule has 0 saturated carbocycles. The number of thiazole rings is 1. The standard InChI is InChI=1S/C14H21F3N4O2S.HI/c1-18-13(19-4-6-22-8-10-3-2-5-23-10)20-7-12-21-11(9-24-12)14(15,16)17;/h9-10H,2-8H2,1H3,(H2,18,19,20);1H. The first-order valence-corrected chi connectivity index (χ1v) is 8.52. The van der Waals surface area contributed by atoms with Crippen molar-refractivity contribution in [2.45, 2.75) is 31.7 Å². The maximum atomic E-state index is 12.5. The molecule has 0 aromatic carbocycles. The minimum Gasteiger partial charge on any atom is -0.377 e. The number of rotatable bonds is 7. The van der Waals surface area contributed by atoms with Gasteiger partial charge >= 0.3 is 6.18 Å². The predicted octanol–water partition coefficient (Wildman–Crippen LogP) is 2.64. The van der Waals surface area contributed by atoms with Gasteiger partial charge in [0.25, 0.3) is 0 Å². The first-order valence-electron chi connectivity index (χ1n) is 7.64. The van der Waals surface area contributed by atoms with Gasteiger partial charge in [0.2, 0.25) is 0 Å². The van der Waals surface area contributed by atoms with Crippen molar-refractivity contribution < 1.29 is 22.6 Å². The summed E-state index contributed by atoms with van der Waals surface area (Å²) < 4.78 is 48.4. The number of ether oxygens (including phenoxy) is 2. The van der Waals surface area contributed by atoms with Gasteiger partial charge in [-0.05, 0) is 12.8 Å². The maximum absolute atomic E-state index is 12.5. The Hall–Kier alpha value is -0.660. The summed E-state index contributed by atoms with van der Waals surface area (Å²) in [5.74, 6) is 0.486. The number of halogens is 4. The molecule has 1 aliphatic heterocycles. The van der Waals surface area contributed by atoms with E-state index in [1.165, 1.54) is 0 Å². The van der Waals surface area contributed by atoms with Gasteiger partial charge in [-0.2, -0.15) is 13.2 Å². The van der Waals surface area contributed by atoms with Crippen LogP contribution in [0.4, 0.5) is 13.2 Å². The van der Waals surface area contributed by atoms with Crippen LogP contribution < -0.4 is 10.6 Å². The lowest BCUT2D eigenvalue weighted by Crippen LogP contribution is -2.38. The van der Waals surface area contributed by atoms with Crippen LogP contribution in [-0.2, 0) is 22.2 Å². The molecule has 1 aromatic heterocycles. The van der Waals surface area contributed by atoms with E-state index in [0.29, 0.717) is 30.7 Å². The minimum absolute atomic E-state index is 0. The molecule has 0 spiro atoms. The van der Waals surface area contributed by atoms with Crippen molar-refractivity contribution in [1.82, 2.24) is 15.6 Å². The molecule has 2 heterocycles. The fourth-order valence-electron chi connectivity index (χ4n) is 2.13. The third kappa shape index (κ3) is 8.05. The van der Waals surface area contributed by atoms with Gasteiger partial charge in [-0.1, -0.05) is 0 Å². The molecule has 0 aliphatic carbocycles. The van der Waals surface area contributed by atoms with Crippen LogP contribution in [0.15, 0.2) is 10.4 Å². The lowest BCUT2D eigenvalue weighted by atomic mass is 10.2. The number of alkyl halides is 3. The first-order chi connectivity index (χ1) is 11.5. The van der Waals surface area contributed by atoms with Crippen molar-refractivity contribution in [2.75, 3.05) is 33.4 Å². The van der Waals surface area contributed by atoms with Crippen molar-refractivity contribution in [1.29, 1.82) is 0 Å². The normalized spacial score (nSPS) is 18.1. The molecule has 0 radical (unpaired) electrons. The highest BCUT2D eigenvalue weighted by Gasteiger charge is 2.33. The second kappa shape index (κ2) is 11.1. The van der Waals surface area contributed by atoms with Crippen LogP contribution in [-0.4, -0.2) is 50.5 Å². The number of nitrogens with one attached hydrogen (secondary N) is 2. The fraction of sp³-hybridized carbons (Fsp3) is 0.714. The quantitative estimate of drug-likeness (QED) is 0.264.